The Balaban J connectivity index is 2.29. The largest absolute Gasteiger partial charge is 0.377 e. The van der Waals surface area contributed by atoms with E-state index in [9.17, 15) is 14.9 Å². The molecule has 1 heterocycles. The van der Waals surface area contributed by atoms with Gasteiger partial charge in [-0.2, -0.15) is 0 Å². The first kappa shape index (κ1) is 16.2. The van der Waals surface area contributed by atoms with Gasteiger partial charge >= 0.3 is 0 Å². The van der Waals surface area contributed by atoms with Crippen LogP contribution in [0.5, 0.6) is 0 Å². The molecule has 1 aromatic rings. The molecular weight excluding hydrogens is 286 g/mol. The maximum absolute atomic E-state index is 11.6. The second-order valence-electron chi connectivity index (χ2n) is 5.21. The van der Waals surface area contributed by atoms with E-state index in [1.807, 2.05) is 11.8 Å². The van der Waals surface area contributed by atoms with Crippen LogP contribution in [0.15, 0.2) is 18.2 Å². The molecule has 0 bridgehead atoms. The lowest BCUT2D eigenvalue weighted by molar-refractivity contribution is -0.384. The highest BCUT2D eigenvalue weighted by molar-refractivity contribution is 5.95. The van der Waals surface area contributed by atoms with Crippen molar-refractivity contribution in [2.75, 3.05) is 31.6 Å². The molecule has 0 aliphatic carbocycles. The molecule has 0 aromatic heterocycles. The number of rotatable bonds is 5. The summed E-state index contributed by atoms with van der Waals surface area (Å²) in [6.07, 6.45) is 1.99. The van der Waals surface area contributed by atoms with Crippen molar-refractivity contribution < 1.29 is 14.5 Å². The summed E-state index contributed by atoms with van der Waals surface area (Å²) in [4.78, 5) is 24.5. The van der Waals surface area contributed by atoms with Gasteiger partial charge in [0.15, 0.2) is 0 Å². The first-order valence-corrected chi connectivity index (χ1v) is 7.43. The van der Waals surface area contributed by atoms with Crippen LogP contribution in [0.2, 0.25) is 0 Å². The number of nitrogens with one attached hydrogen (secondary N) is 1. The van der Waals surface area contributed by atoms with E-state index in [2.05, 4.69) is 5.32 Å². The van der Waals surface area contributed by atoms with Gasteiger partial charge in [-0.25, -0.2) is 0 Å². The molecule has 1 saturated heterocycles. The average molecular weight is 307 g/mol. The van der Waals surface area contributed by atoms with E-state index in [-0.39, 0.29) is 23.3 Å². The minimum absolute atomic E-state index is 0.0433. The molecule has 1 fully saturated rings. The molecule has 7 heteroatoms. The average Bonchev–Trinajstić information content (AvgIpc) is 2.54. The molecule has 1 N–H and O–H groups in total. The van der Waals surface area contributed by atoms with E-state index >= 15 is 0 Å². The van der Waals surface area contributed by atoms with Crippen molar-refractivity contribution in [2.45, 2.75) is 25.9 Å². The number of piperidine rings is 1. The zero-order valence-corrected chi connectivity index (χ0v) is 12.9. The van der Waals surface area contributed by atoms with Crippen LogP contribution in [0.4, 0.5) is 11.4 Å². The number of nitro benzene ring substituents is 1. The lowest BCUT2D eigenvalue weighted by Gasteiger charge is -2.33. The van der Waals surface area contributed by atoms with E-state index < -0.39 is 4.92 Å². The van der Waals surface area contributed by atoms with Crippen LogP contribution >= 0.6 is 0 Å². The molecule has 2 rings (SSSR count). The van der Waals surface area contributed by atoms with Crippen molar-refractivity contribution in [1.29, 1.82) is 0 Å². The minimum Gasteiger partial charge on any atom is -0.377 e. The van der Waals surface area contributed by atoms with Gasteiger partial charge in [0.1, 0.15) is 5.69 Å². The Hall–Kier alpha value is -2.15. The molecule has 0 spiro atoms. The predicted molar refractivity (Wildman–Crippen MR) is 83.3 cm³/mol. The molecular formula is C15H21N3O4. The van der Waals surface area contributed by atoms with Crippen molar-refractivity contribution in [1.82, 2.24) is 5.32 Å². The number of benzene rings is 1. The molecule has 1 amide bonds. The smallest absolute Gasteiger partial charge is 0.293 e. The van der Waals surface area contributed by atoms with Crippen LogP contribution in [0.1, 0.15) is 30.1 Å². The number of carbonyl (C=O) groups excluding carboxylic acids is 1. The topological polar surface area (TPSA) is 84.7 Å². The minimum atomic E-state index is -0.438. The Kier molecular flexibility index (Phi) is 5.32. The van der Waals surface area contributed by atoms with E-state index in [0.717, 1.165) is 19.4 Å². The van der Waals surface area contributed by atoms with Crippen molar-refractivity contribution in [2.24, 2.45) is 0 Å². The summed E-state index contributed by atoms with van der Waals surface area (Å²) >= 11 is 0. The highest BCUT2D eigenvalue weighted by atomic mass is 16.6. The fourth-order valence-electron chi connectivity index (χ4n) is 2.75. The van der Waals surface area contributed by atoms with Crippen LogP contribution in [-0.2, 0) is 4.74 Å². The molecule has 1 atom stereocenters. The van der Waals surface area contributed by atoms with Gasteiger partial charge in [-0.15, -0.1) is 0 Å². The SMILES string of the molecule is CCOC1CCCN(c2ccc(C(=O)NC)cc2[N+](=O)[O-])C1. The summed E-state index contributed by atoms with van der Waals surface area (Å²) < 4.78 is 5.64. The van der Waals surface area contributed by atoms with Gasteiger partial charge in [-0.1, -0.05) is 0 Å². The normalized spacial score (nSPS) is 18.1. The lowest BCUT2D eigenvalue weighted by Crippen LogP contribution is -2.40. The maximum atomic E-state index is 11.6. The van der Waals surface area contributed by atoms with Crippen LogP contribution < -0.4 is 10.2 Å². The van der Waals surface area contributed by atoms with Crippen LogP contribution in [0.3, 0.4) is 0 Å². The highest BCUT2D eigenvalue weighted by Crippen LogP contribution is 2.31. The lowest BCUT2D eigenvalue weighted by atomic mass is 10.1. The van der Waals surface area contributed by atoms with Crippen molar-refractivity contribution >= 4 is 17.3 Å². The van der Waals surface area contributed by atoms with E-state index in [0.29, 0.717) is 18.8 Å². The van der Waals surface area contributed by atoms with Gasteiger partial charge in [0.05, 0.1) is 11.0 Å². The molecule has 1 aromatic carbocycles. The third-order valence-corrected chi connectivity index (χ3v) is 3.78. The Morgan fingerprint density at radius 1 is 1.55 bits per heavy atom. The predicted octanol–water partition coefficient (Wildman–Crippen LogP) is 1.96. The molecule has 1 aliphatic rings. The Bertz CT molecular complexity index is 560. The first-order valence-electron chi connectivity index (χ1n) is 7.43. The second-order valence-corrected chi connectivity index (χ2v) is 5.21. The summed E-state index contributed by atoms with van der Waals surface area (Å²) in [6.45, 7) is 3.97. The molecule has 1 unspecified atom stereocenters. The molecule has 120 valence electrons. The molecule has 1 aliphatic heterocycles. The highest BCUT2D eigenvalue weighted by Gasteiger charge is 2.26. The summed E-state index contributed by atoms with van der Waals surface area (Å²) in [5.41, 5.74) is 0.789. The van der Waals surface area contributed by atoms with Gasteiger partial charge < -0.3 is 15.0 Å². The van der Waals surface area contributed by atoms with E-state index in [1.54, 1.807) is 12.1 Å². The maximum Gasteiger partial charge on any atom is 0.293 e. The Morgan fingerprint density at radius 2 is 2.32 bits per heavy atom. The van der Waals surface area contributed by atoms with Crippen LogP contribution in [0.25, 0.3) is 0 Å². The zero-order valence-electron chi connectivity index (χ0n) is 12.9. The fourth-order valence-corrected chi connectivity index (χ4v) is 2.75. The third kappa shape index (κ3) is 3.54. The summed E-state index contributed by atoms with van der Waals surface area (Å²) in [6, 6.07) is 4.60. The number of carbonyl (C=O) groups is 1. The number of nitrogens with zero attached hydrogens (tertiary/aromatic N) is 2. The molecule has 0 saturated carbocycles. The summed E-state index contributed by atoms with van der Waals surface area (Å²) in [5.74, 6) is -0.333. The van der Waals surface area contributed by atoms with Gasteiger partial charge in [-0.05, 0) is 31.9 Å². The number of ether oxygens (including phenoxy) is 1. The summed E-state index contributed by atoms with van der Waals surface area (Å²) in [5, 5.41) is 13.8. The fraction of sp³-hybridized carbons (Fsp3) is 0.533. The monoisotopic (exact) mass is 307 g/mol. The van der Waals surface area contributed by atoms with Gasteiger partial charge in [0, 0.05) is 38.4 Å². The second kappa shape index (κ2) is 7.22. The Labute approximate surface area is 129 Å². The number of hydrogen-bond acceptors (Lipinski definition) is 5. The number of anilines is 1. The van der Waals surface area contributed by atoms with Crippen molar-refractivity contribution in [3.05, 3.63) is 33.9 Å². The van der Waals surface area contributed by atoms with E-state index in [4.69, 9.17) is 4.74 Å². The Morgan fingerprint density at radius 3 is 2.95 bits per heavy atom. The number of nitro groups is 1. The van der Waals surface area contributed by atoms with Crippen molar-refractivity contribution in [3.8, 4) is 0 Å². The van der Waals surface area contributed by atoms with Crippen LogP contribution in [0, 0.1) is 10.1 Å². The molecule has 22 heavy (non-hydrogen) atoms. The first-order chi connectivity index (χ1) is 10.6. The van der Waals surface area contributed by atoms with Crippen molar-refractivity contribution in [3.63, 3.8) is 0 Å². The van der Waals surface area contributed by atoms with Crippen LogP contribution in [-0.4, -0.2) is 43.7 Å². The quantitative estimate of drug-likeness (QED) is 0.664. The number of amides is 1. The van der Waals surface area contributed by atoms with Gasteiger partial charge in [0.2, 0.25) is 0 Å². The molecule has 7 nitrogen and oxygen atoms in total. The molecule has 0 radical (unpaired) electrons. The summed E-state index contributed by atoms with van der Waals surface area (Å²) in [7, 11) is 1.50. The standard InChI is InChI=1S/C15H21N3O4/c1-3-22-12-5-4-8-17(10-12)13-7-6-11(15(19)16-2)9-14(13)18(20)21/h6-7,9,12H,3-5,8,10H2,1-2H3,(H,16,19). The van der Waals surface area contributed by atoms with E-state index in [1.165, 1.54) is 13.1 Å². The third-order valence-electron chi connectivity index (χ3n) is 3.78. The van der Waals surface area contributed by atoms with Gasteiger partial charge in [-0.3, -0.25) is 14.9 Å². The number of hydrogen-bond donors (Lipinski definition) is 1. The van der Waals surface area contributed by atoms with Gasteiger partial charge in [0.25, 0.3) is 11.6 Å². The zero-order chi connectivity index (χ0) is 16.1.